The predicted molar refractivity (Wildman–Crippen MR) is 119 cm³/mol. The lowest BCUT2D eigenvalue weighted by Crippen LogP contribution is -2.25. The lowest BCUT2D eigenvalue weighted by atomic mass is 10.1. The molecule has 2 N–H and O–H groups in total. The molecule has 4 aromatic rings. The van der Waals surface area contributed by atoms with E-state index in [1.807, 2.05) is 54.6 Å². The largest absolute Gasteiger partial charge is 0.348 e. The second-order valence-corrected chi connectivity index (χ2v) is 8.51. The van der Waals surface area contributed by atoms with Crippen LogP contribution >= 0.6 is 0 Å². The van der Waals surface area contributed by atoms with E-state index in [0.717, 1.165) is 16.3 Å². The van der Waals surface area contributed by atoms with Crippen molar-refractivity contribution >= 4 is 32.4 Å². The summed E-state index contributed by atoms with van der Waals surface area (Å²) < 4.78 is 28.5. The van der Waals surface area contributed by atoms with Gasteiger partial charge in [0, 0.05) is 6.54 Å². The van der Waals surface area contributed by atoms with E-state index in [0.29, 0.717) is 6.54 Å². The van der Waals surface area contributed by atoms with Gasteiger partial charge in [-0.3, -0.25) is 9.52 Å². The van der Waals surface area contributed by atoms with Gasteiger partial charge in [0.15, 0.2) is 0 Å². The van der Waals surface area contributed by atoms with Gasteiger partial charge in [0.1, 0.15) is 0 Å². The number of carbonyl (C=O) groups is 1. The molecular formula is C24H20N2O3S. The van der Waals surface area contributed by atoms with E-state index in [1.54, 1.807) is 42.5 Å². The van der Waals surface area contributed by atoms with Crippen molar-refractivity contribution in [1.82, 2.24) is 5.32 Å². The Hall–Kier alpha value is -3.64. The Morgan fingerprint density at radius 3 is 2.20 bits per heavy atom. The summed E-state index contributed by atoms with van der Waals surface area (Å²) in [7, 11) is -3.86. The zero-order valence-corrected chi connectivity index (χ0v) is 16.9. The van der Waals surface area contributed by atoms with E-state index < -0.39 is 10.0 Å². The number of hydrogen-bond acceptors (Lipinski definition) is 3. The highest BCUT2D eigenvalue weighted by Crippen LogP contribution is 2.23. The minimum atomic E-state index is -3.86. The summed E-state index contributed by atoms with van der Waals surface area (Å²) in [5.41, 5.74) is 1.45. The van der Waals surface area contributed by atoms with E-state index in [2.05, 4.69) is 10.0 Å². The average Bonchev–Trinajstić information content (AvgIpc) is 2.78. The third-order valence-electron chi connectivity index (χ3n) is 4.74. The van der Waals surface area contributed by atoms with Gasteiger partial charge in [0.2, 0.25) is 0 Å². The molecule has 0 aliphatic heterocycles. The summed E-state index contributed by atoms with van der Waals surface area (Å²) >= 11 is 0. The lowest BCUT2D eigenvalue weighted by Gasteiger charge is -2.13. The van der Waals surface area contributed by atoms with E-state index in [1.165, 1.54) is 0 Å². The molecule has 0 aromatic heterocycles. The number of fused-ring (bicyclic) bond motifs is 1. The Labute approximate surface area is 175 Å². The van der Waals surface area contributed by atoms with Gasteiger partial charge in [0.05, 0.1) is 16.1 Å². The van der Waals surface area contributed by atoms with E-state index in [-0.39, 0.29) is 22.1 Å². The summed E-state index contributed by atoms with van der Waals surface area (Å²) in [6.45, 7) is 0.353. The second-order valence-electron chi connectivity index (χ2n) is 6.83. The van der Waals surface area contributed by atoms with Crippen molar-refractivity contribution in [2.24, 2.45) is 0 Å². The Morgan fingerprint density at radius 2 is 1.40 bits per heavy atom. The fraction of sp³-hybridized carbons (Fsp3) is 0.0417. The molecule has 0 saturated carbocycles. The molecule has 0 fully saturated rings. The number of benzene rings is 4. The first-order chi connectivity index (χ1) is 14.5. The molecule has 0 unspecified atom stereocenters. The minimum absolute atomic E-state index is 0.140. The van der Waals surface area contributed by atoms with Crippen LogP contribution < -0.4 is 10.0 Å². The van der Waals surface area contributed by atoms with Gasteiger partial charge in [0.25, 0.3) is 15.9 Å². The maximum atomic E-state index is 13.0. The first-order valence-electron chi connectivity index (χ1n) is 9.46. The molecule has 0 heterocycles. The molecule has 0 radical (unpaired) electrons. The third-order valence-corrected chi connectivity index (χ3v) is 6.11. The first kappa shape index (κ1) is 19.7. The van der Waals surface area contributed by atoms with Crippen molar-refractivity contribution in [3.8, 4) is 0 Å². The Balaban J connectivity index is 1.57. The van der Waals surface area contributed by atoms with Gasteiger partial charge >= 0.3 is 0 Å². The predicted octanol–water partition coefficient (Wildman–Crippen LogP) is 4.57. The van der Waals surface area contributed by atoms with Crippen LogP contribution in [0.15, 0.2) is 102 Å². The number of sulfonamides is 1. The third kappa shape index (κ3) is 4.34. The van der Waals surface area contributed by atoms with Crippen LogP contribution in [0.5, 0.6) is 0 Å². The molecule has 1 amide bonds. The van der Waals surface area contributed by atoms with Gasteiger partial charge in [-0.25, -0.2) is 8.42 Å². The number of rotatable bonds is 6. The first-order valence-corrected chi connectivity index (χ1v) is 10.9. The normalized spacial score (nSPS) is 11.2. The Kier molecular flexibility index (Phi) is 5.50. The number of carbonyl (C=O) groups excluding carboxylic acids is 1. The topological polar surface area (TPSA) is 75.3 Å². The number of nitrogens with one attached hydrogen (secondary N) is 2. The quantitative estimate of drug-likeness (QED) is 0.483. The standard InChI is InChI=1S/C24H20N2O3S/c27-24(25-17-18-8-2-1-3-9-18)22-12-6-7-13-23(22)26-30(28,29)21-15-14-19-10-4-5-11-20(19)16-21/h1-16,26H,17H2,(H,25,27). The molecule has 30 heavy (non-hydrogen) atoms. The smallest absolute Gasteiger partial charge is 0.261 e. The number of amides is 1. The number of hydrogen-bond donors (Lipinski definition) is 2. The van der Waals surface area contributed by atoms with Crippen LogP contribution in [-0.2, 0) is 16.6 Å². The molecular weight excluding hydrogens is 396 g/mol. The average molecular weight is 417 g/mol. The molecule has 0 spiro atoms. The van der Waals surface area contributed by atoms with E-state index in [4.69, 9.17) is 0 Å². The van der Waals surface area contributed by atoms with Crippen molar-refractivity contribution in [2.45, 2.75) is 11.4 Å². The molecule has 150 valence electrons. The molecule has 5 nitrogen and oxygen atoms in total. The zero-order valence-electron chi connectivity index (χ0n) is 16.1. The Morgan fingerprint density at radius 1 is 0.733 bits per heavy atom. The molecule has 0 atom stereocenters. The highest BCUT2D eigenvalue weighted by molar-refractivity contribution is 7.92. The summed E-state index contributed by atoms with van der Waals surface area (Å²) in [5, 5.41) is 4.62. The molecule has 6 heteroatoms. The van der Waals surface area contributed by atoms with Crippen molar-refractivity contribution in [3.63, 3.8) is 0 Å². The maximum Gasteiger partial charge on any atom is 0.261 e. The second kappa shape index (κ2) is 8.39. The minimum Gasteiger partial charge on any atom is -0.348 e. The van der Waals surface area contributed by atoms with Crippen LogP contribution in [0.1, 0.15) is 15.9 Å². The van der Waals surface area contributed by atoms with Crippen LogP contribution in [0.4, 0.5) is 5.69 Å². The van der Waals surface area contributed by atoms with E-state index >= 15 is 0 Å². The molecule has 0 bridgehead atoms. The number of para-hydroxylation sites is 1. The summed E-state index contributed by atoms with van der Waals surface area (Å²) in [4.78, 5) is 12.8. The van der Waals surface area contributed by atoms with E-state index in [9.17, 15) is 13.2 Å². The van der Waals surface area contributed by atoms with Crippen LogP contribution in [0.25, 0.3) is 10.8 Å². The monoisotopic (exact) mass is 416 g/mol. The molecule has 4 aromatic carbocycles. The highest BCUT2D eigenvalue weighted by Gasteiger charge is 2.19. The lowest BCUT2D eigenvalue weighted by molar-refractivity contribution is 0.0952. The van der Waals surface area contributed by atoms with Gasteiger partial charge < -0.3 is 5.32 Å². The van der Waals surface area contributed by atoms with Crippen molar-refractivity contribution < 1.29 is 13.2 Å². The van der Waals surface area contributed by atoms with Crippen molar-refractivity contribution in [2.75, 3.05) is 4.72 Å². The molecule has 0 aliphatic carbocycles. The SMILES string of the molecule is O=C(NCc1ccccc1)c1ccccc1NS(=O)(=O)c1ccc2ccccc2c1. The fourth-order valence-corrected chi connectivity index (χ4v) is 4.30. The van der Waals surface area contributed by atoms with Gasteiger partial charge in [-0.1, -0.05) is 72.8 Å². The van der Waals surface area contributed by atoms with Gasteiger partial charge in [-0.15, -0.1) is 0 Å². The summed E-state index contributed by atoms with van der Waals surface area (Å²) in [5.74, 6) is -0.351. The molecule has 0 aliphatic rings. The van der Waals surface area contributed by atoms with Crippen LogP contribution in [-0.4, -0.2) is 14.3 Å². The Bertz CT molecular complexity index is 1300. The summed E-state index contributed by atoms with van der Waals surface area (Å²) in [6.07, 6.45) is 0. The molecule has 4 rings (SSSR count). The highest BCUT2D eigenvalue weighted by atomic mass is 32.2. The fourth-order valence-electron chi connectivity index (χ4n) is 3.18. The number of anilines is 1. The maximum absolute atomic E-state index is 13.0. The van der Waals surface area contributed by atoms with Crippen molar-refractivity contribution in [3.05, 3.63) is 108 Å². The molecule has 0 saturated heterocycles. The summed E-state index contributed by atoms with van der Waals surface area (Å²) in [6, 6.07) is 28.6. The van der Waals surface area contributed by atoms with Crippen molar-refractivity contribution in [1.29, 1.82) is 0 Å². The van der Waals surface area contributed by atoms with Gasteiger partial charge in [-0.2, -0.15) is 0 Å². The zero-order chi connectivity index (χ0) is 21.0. The van der Waals surface area contributed by atoms with Crippen LogP contribution in [0.3, 0.4) is 0 Å². The van der Waals surface area contributed by atoms with Crippen LogP contribution in [0, 0.1) is 0 Å². The van der Waals surface area contributed by atoms with Gasteiger partial charge in [-0.05, 0) is 40.6 Å². The van der Waals surface area contributed by atoms with Crippen LogP contribution in [0.2, 0.25) is 0 Å².